The van der Waals surface area contributed by atoms with Crippen LogP contribution in [0.4, 0.5) is 4.39 Å². The van der Waals surface area contributed by atoms with E-state index in [0.29, 0.717) is 5.56 Å². The zero-order valence-electron chi connectivity index (χ0n) is 10.0. The van der Waals surface area contributed by atoms with Crippen LogP contribution in [0.1, 0.15) is 23.7 Å². The molecule has 0 amide bonds. The molecule has 1 aliphatic carbocycles. The molecule has 0 atom stereocenters. The van der Waals surface area contributed by atoms with Crippen molar-refractivity contribution in [2.24, 2.45) is 0 Å². The molecular formula is C15H13FOS. The van der Waals surface area contributed by atoms with Gasteiger partial charge in [0.25, 0.3) is 0 Å². The third-order valence-corrected chi connectivity index (χ3v) is 3.67. The fraction of sp³-hybridized carbons (Fsp3) is 0.133. The average molecular weight is 260 g/mol. The lowest BCUT2D eigenvalue weighted by molar-refractivity contribution is 0.104. The van der Waals surface area contributed by atoms with E-state index in [2.05, 4.69) is 19.1 Å². The van der Waals surface area contributed by atoms with Gasteiger partial charge in [-0.25, -0.2) is 4.39 Å². The lowest BCUT2D eigenvalue weighted by atomic mass is 10.1. The second-order valence-corrected chi connectivity index (χ2v) is 4.99. The zero-order chi connectivity index (χ0) is 13.0. The van der Waals surface area contributed by atoms with Crippen LogP contribution in [0.2, 0.25) is 0 Å². The molecule has 0 saturated heterocycles. The van der Waals surface area contributed by atoms with Crippen molar-refractivity contribution in [3.63, 3.8) is 0 Å². The van der Waals surface area contributed by atoms with E-state index in [9.17, 15) is 9.18 Å². The van der Waals surface area contributed by atoms with Gasteiger partial charge < -0.3 is 0 Å². The van der Waals surface area contributed by atoms with Crippen molar-refractivity contribution < 1.29 is 9.18 Å². The molecule has 92 valence electrons. The van der Waals surface area contributed by atoms with Gasteiger partial charge in [0.2, 0.25) is 0 Å². The van der Waals surface area contributed by atoms with Crippen molar-refractivity contribution >= 4 is 17.5 Å². The van der Waals surface area contributed by atoms with Crippen LogP contribution in [-0.4, -0.2) is 5.78 Å². The van der Waals surface area contributed by atoms with Crippen molar-refractivity contribution in [3.8, 4) is 0 Å². The molecule has 0 aliphatic heterocycles. The Kier molecular flexibility index (Phi) is 4.15. The number of rotatable bonds is 4. The normalized spacial score (nSPS) is 14.8. The number of allylic oxidation sites excluding steroid dienone is 4. The number of carbonyl (C=O) groups is 1. The van der Waals surface area contributed by atoms with Crippen LogP contribution in [0.15, 0.2) is 58.4 Å². The molecule has 1 aliphatic rings. The fourth-order valence-electron chi connectivity index (χ4n) is 1.60. The van der Waals surface area contributed by atoms with E-state index >= 15 is 0 Å². The van der Waals surface area contributed by atoms with Gasteiger partial charge in [-0.15, -0.1) is 0 Å². The highest BCUT2D eigenvalue weighted by Gasteiger charge is 2.04. The maximum Gasteiger partial charge on any atom is 0.186 e. The predicted octanol–water partition coefficient (Wildman–Crippen LogP) is 4.49. The van der Waals surface area contributed by atoms with E-state index < -0.39 is 0 Å². The molecular weight excluding hydrogens is 247 g/mol. The molecule has 18 heavy (non-hydrogen) atoms. The van der Waals surface area contributed by atoms with Gasteiger partial charge in [-0.2, -0.15) is 0 Å². The van der Waals surface area contributed by atoms with E-state index in [0.717, 1.165) is 6.42 Å². The van der Waals surface area contributed by atoms with Crippen LogP contribution < -0.4 is 0 Å². The van der Waals surface area contributed by atoms with Crippen LogP contribution in [-0.2, 0) is 0 Å². The highest BCUT2D eigenvalue weighted by atomic mass is 32.2. The molecule has 1 nitrogen and oxygen atoms in total. The van der Waals surface area contributed by atoms with Crippen LogP contribution in [0.25, 0.3) is 0 Å². The first kappa shape index (κ1) is 12.8. The van der Waals surface area contributed by atoms with Gasteiger partial charge in [0.15, 0.2) is 5.78 Å². The van der Waals surface area contributed by atoms with Crippen LogP contribution in [0.3, 0.4) is 0 Å². The second-order valence-electron chi connectivity index (χ2n) is 4.04. The number of halogens is 1. The number of hydrogen-bond donors (Lipinski definition) is 0. The van der Waals surface area contributed by atoms with Gasteiger partial charge in [-0.05, 0) is 49.1 Å². The van der Waals surface area contributed by atoms with E-state index in [4.69, 9.17) is 0 Å². The molecule has 0 radical (unpaired) electrons. The third-order valence-electron chi connectivity index (χ3n) is 2.66. The summed E-state index contributed by atoms with van der Waals surface area (Å²) >= 11 is 1.54. The van der Waals surface area contributed by atoms with E-state index in [1.54, 1.807) is 5.41 Å². The first-order valence-electron chi connectivity index (χ1n) is 5.66. The average Bonchev–Trinajstić information content (AvgIpc) is 2.76. The largest absolute Gasteiger partial charge is 0.289 e. The van der Waals surface area contributed by atoms with Crippen LogP contribution in [0.5, 0.6) is 0 Å². The minimum absolute atomic E-state index is 0.109. The minimum atomic E-state index is -0.332. The monoisotopic (exact) mass is 260 g/mol. The molecule has 0 unspecified atom stereocenters. The topological polar surface area (TPSA) is 17.1 Å². The lowest BCUT2D eigenvalue weighted by Crippen LogP contribution is -1.93. The SMILES string of the molecule is CC1=C(S/C=C/C(=O)c2ccc(F)cc2)C=CC1. The van der Waals surface area contributed by atoms with E-state index in [-0.39, 0.29) is 11.6 Å². The summed E-state index contributed by atoms with van der Waals surface area (Å²) in [5.74, 6) is -0.440. The molecule has 0 fully saturated rings. The summed E-state index contributed by atoms with van der Waals surface area (Å²) in [4.78, 5) is 12.9. The highest BCUT2D eigenvalue weighted by Crippen LogP contribution is 2.29. The number of ketones is 1. The number of carbonyl (C=O) groups excluding carboxylic acids is 1. The summed E-state index contributed by atoms with van der Waals surface area (Å²) in [5, 5.41) is 1.78. The molecule has 0 aromatic heterocycles. The van der Waals surface area contributed by atoms with Crippen molar-refractivity contribution in [2.75, 3.05) is 0 Å². The highest BCUT2D eigenvalue weighted by molar-refractivity contribution is 8.06. The van der Waals surface area contributed by atoms with Gasteiger partial charge >= 0.3 is 0 Å². The maximum atomic E-state index is 12.7. The fourth-order valence-corrected chi connectivity index (χ4v) is 2.40. The molecule has 3 heteroatoms. The van der Waals surface area contributed by atoms with Crippen molar-refractivity contribution in [3.05, 3.63) is 69.8 Å². The molecule has 0 spiro atoms. The zero-order valence-corrected chi connectivity index (χ0v) is 10.8. The van der Waals surface area contributed by atoms with Gasteiger partial charge in [-0.3, -0.25) is 4.79 Å². The summed E-state index contributed by atoms with van der Waals surface area (Å²) in [6, 6.07) is 5.57. The lowest BCUT2D eigenvalue weighted by Gasteiger charge is -1.97. The Balaban J connectivity index is 1.97. The van der Waals surface area contributed by atoms with Crippen LogP contribution in [0, 0.1) is 5.82 Å². The predicted molar refractivity (Wildman–Crippen MR) is 73.9 cm³/mol. The second kappa shape index (κ2) is 5.83. The Morgan fingerprint density at radius 1 is 1.33 bits per heavy atom. The van der Waals surface area contributed by atoms with Gasteiger partial charge in [-0.1, -0.05) is 29.5 Å². The Morgan fingerprint density at radius 3 is 2.67 bits per heavy atom. The first-order valence-corrected chi connectivity index (χ1v) is 6.54. The molecule has 0 saturated carbocycles. The summed E-state index contributed by atoms with van der Waals surface area (Å²) in [6.07, 6.45) is 6.67. The Morgan fingerprint density at radius 2 is 2.06 bits per heavy atom. The van der Waals surface area contributed by atoms with Crippen molar-refractivity contribution in [1.29, 1.82) is 0 Å². The Hall–Kier alpha value is -1.61. The Labute approximate surface area is 110 Å². The Bertz CT molecular complexity index is 538. The molecule has 1 aromatic carbocycles. The number of hydrogen-bond acceptors (Lipinski definition) is 2. The van der Waals surface area contributed by atoms with Crippen molar-refractivity contribution in [2.45, 2.75) is 13.3 Å². The number of benzene rings is 1. The summed E-state index contributed by atoms with van der Waals surface area (Å²) in [6.45, 7) is 2.08. The molecule has 2 rings (SSSR count). The molecule has 0 bridgehead atoms. The summed E-state index contributed by atoms with van der Waals surface area (Å²) in [7, 11) is 0. The van der Waals surface area contributed by atoms with Gasteiger partial charge in [0.1, 0.15) is 5.82 Å². The third kappa shape index (κ3) is 3.20. The van der Waals surface area contributed by atoms with E-state index in [1.807, 2.05) is 0 Å². The van der Waals surface area contributed by atoms with Gasteiger partial charge in [0.05, 0.1) is 0 Å². The van der Waals surface area contributed by atoms with Gasteiger partial charge in [0, 0.05) is 10.5 Å². The molecule has 0 heterocycles. The smallest absolute Gasteiger partial charge is 0.186 e. The van der Waals surface area contributed by atoms with Crippen molar-refractivity contribution in [1.82, 2.24) is 0 Å². The molecule has 0 N–H and O–H groups in total. The summed E-state index contributed by atoms with van der Waals surface area (Å²) < 4.78 is 12.7. The quantitative estimate of drug-likeness (QED) is 0.586. The van der Waals surface area contributed by atoms with E-state index in [1.165, 1.54) is 52.6 Å². The summed E-state index contributed by atoms with van der Waals surface area (Å²) in [5.41, 5.74) is 1.82. The molecule has 1 aromatic rings. The van der Waals surface area contributed by atoms with Crippen LogP contribution >= 0.6 is 11.8 Å². The maximum absolute atomic E-state index is 12.7. The minimum Gasteiger partial charge on any atom is -0.289 e. The standard InChI is InChI=1S/C15H13FOS/c1-11-3-2-4-15(11)18-10-9-14(17)12-5-7-13(16)8-6-12/h2,4-10H,3H2,1H3/b10-9+. The number of thioether (sulfide) groups is 1. The first-order chi connectivity index (χ1) is 8.66.